The Morgan fingerprint density at radius 1 is 1.25 bits per heavy atom. The molecule has 0 fully saturated rings. The molecule has 0 atom stereocenters. The number of nitro groups is 1. The van der Waals surface area contributed by atoms with Crippen LogP contribution in [-0.2, 0) is 0 Å². The number of nitrogens with one attached hydrogen (secondary N) is 1. The first-order valence-corrected chi connectivity index (χ1v) is 6.80. The monoisotopic (exact) mass is 310 g/mol. The molecule has 0 amide bonds. The normalized spacial score (nSPS) is 10.1. The minimum absolute atomic E-state index is 0.0324. The quantitative estimate of drug-likeness (QED) is 0.504. The number of rotatable bonds is 5. The third-order valence-electron chi connectivity index (χ3n) is 2.50. The van der Waals surface area contributed by atoms with E-state index in [1.54, 1.807) is 13.2 Å². The Morgan fingerprint density at radius 3 is 2.50 bits per heavy atom. The zero-order chi connectivity index (χ0) is 14.5. The van der Waals surface area contributed by atoms with Gasteiger partial charge in [-0.2, -0.15) is 0 Å². The van der Waals surface area contributed by atoms with Crippen LogP contribution in [0.2, 0.25) is 5.02 Å². The molecule has 0 aromatic heterocycles. The summed E-state index contributed by atoms with van der Waals surface area (Å²) >= 11 is 7.35. The molecule has 0 saturated heterocycles. The molecular formula is C13H11ClN2O3S. The van der Waals surface area contributed by atoms with Gasteiger partial charge < -0.3 is 9.46 Å². The highest BCUT2D eigenvalue weighted by molar-refractivity contribution is 8.00. The molecular weight excluding hydrogens is 300 g/mol. The zero-order valence-corrected chi connectivity index (χ0v) is 12.1. The highest BCUT2D eigenvalue weighted by atomic mass is 35.5. The van der Waals surface area contributed by atoms with Gasteiger partial charge in [0.05, 0.1) is 22.7 Å². The highest BCUT2D eigenvalue weighted by Crippen LogP contribution is 2.30. The number of nitrogens with zero attached hydrogens (tertiary/aromatic N) is 1. The summed E-state index contributed by atoms with van der Waals surface area (Å²) in [5.74, 6) is 0.780. The summed E-state index contributed by atoms with van der Waals surface area (Å²) < 4.78 is 8.13. The Balaban J connectivity index is 2.04. The first kappa shape index (κ1) is 14.5. The molecule has 0 unspecified atom stereocenters. The number of halogens is 1. The second kappa shape index (κ2) is 6.49. The third kappa shape index (κ3) is 3.55. The largest absolute Gasteiger partial charge is 0.497 e. The molecule has 0 aliphatic heterocycles. The van der Waals surface area contributed by atoms with Crippen LogP contribution in [-0.4, -0.2) is 12.0 Å². The van der Waals surface area contributed by atoms with Crippen LogP contribution >= 0.6 is 23.5 Å². The van der Waals surface area contributed by atoms with Crippen LogP contribution in [0.3, 0.4) is 0 Å². The number of anilines is 1. The van der Waals surface area contributed by atoms with E-state index < -0.39 is 4.92 Å². The molecule has 0 bridgehead atoms. The van der Waals surface area contributed by atoms with Gasteiger partial charge >= 0.3 is 0 Å². The molecule has 0 radical (unpaired) electrons. The SMILES string of the molecule is COc1ccc(SNc2ccc([N+](=O)[O-])cc2Cl)cc1. The van der Waals surface area contributed by atoms with Crippen LogP contribution in [0.25, 0.3) is 0 Å². The maximum Gasteiger partial charge on any atom is 0.271 e. The summed E-state index contributed by atoms with van der Waals surface area (Å²) in [6.07, 6.45) is 0. The van der Waals surface area contributed by atoms with Crippen molar-refractivity contribution in [1.29, 1.82) is 0 Å². The Hall–Kier alpha value is -1.92. The first-order valence-electron chi connectivity index (χ1n) is 5.61. The Bertz CT molecular complexity index is 620. The molecule has 20 heavy (non-hydrogen) atoms. The van der Waals surface area contributed by atoms with Gasteiger partial charge in [0.15, 0.2) is 0 Å². The number of benzene rings is 2. The molecule has 0 aliphatic carbocycles. The van der Waals surface area contributed by atoms with Crippen molar-refractivity contribution in [3.05, 3.63) is 57.6 Å². The molecule has 7 heteroatoms. The maximum atomic E-state index is 10.6. The second-order valence-corrected chi connectivity index (χ2v) is 5.09. The van der Waals surface area contributed by atoms with Crippen molar-refractivity contribution >= 4 is 34.9 Å². The summed E-state index contributed by atoms with van der Waals surface area (Å²) in [5.41, 5.74) is 0.591. The van der Waals surface area contributed by atoms with Crippen molar-refractivity contribution in [2.24, 2.45) is 0 Å². The van der Waals surface area contributed by atoms with Crippen LogP contribution in [0.15, 0.2) is 47.4 Å². The number of hydrogen-bond acceptors (Lipinski definition) is 5. The summed E-state index contributed by atoms with van der Waals surface area (Å²) in [6, 6.07) is 11.8. The maximum absolute atomic E-state index is 10.6. The van der Waals surface area contributed by atoms with Gasteiger partial charge in [-0.1, -0.05) is 11.6 Å². The molecule has 2 aromatic carbocycles. The molecule has 5 nitrogen and oxygen atoms in total. The topological polar surface area (TPSA) is 64.4 Å². The van der Waals surface area contributed by atoms with Crippen molar-refractivity contribution < 1.29 is 9.66 Å². The fourth-order valence-corrected chi connectivity index (χ4v) is 2.41. The summed E-state index contributed by atoms with van der Waals surface area (Å²) in [4.78, 5) is 11.1. The molecule has 2 aromatic rings. The number of methoxy groups -OCH3 is 1. The van der Waals surface area contributed by atoms with Gasteiger partial charge in [-0.15, -0.1) is 0 Å². The van der Waals surface area contributed by atoms with Gasteiger partial charge in [0.2, 0.25) is 0 Å². The molecule has 1 N–H and O–H groups in total. The van der Waals surface area contributed by atoms with E-state index >= 15 is 0 Å². The molecule has 104 valence electrons. The minimum atomic E-state index is -0.480. The smallest absolute Gasteiger partial charge is 0.271 e. The van der Waals surface area contributed by atoms with E-state index in [0.717, 1.165) is 10.6 Å². The fourth-order valence-electron chi connectivity index (χ4n) is 1.46. The van der Waals surface area contributed by atoms with E-state index in [0.29, 0.717) is 10.7 Å². The molecule has 0 aliphatic rings. The number of non-ortho nitro benzene ring substituents is 1. The van der Waals surface area contributed by atoms with E-state index in [2.05, 4.69) is 4.72 Å². The number of ether oxygens (including phenoxy) is 1. The van der Waals surface area contributed by atoms with E-state index in [1.807, 2.05) is 24.3 Å². The van der Waals surface area contributed by atoms with Crippen LogP contribution in [0, 0.1) is 10.1 Å². The number of nitro benzene ring substituents is 1. The summed E-state index contributed by atoms with van der Waals surface area (Å²) in [6.45, 7) is 0. The lowest BCUT2D eigenvalue weighted by atomic mass is 10.3. The lowest BCUT2D eigenvalue weighted by molar-refractivity contribution is -0.384. The average molecular weight is 311 g/mol. The predicted octanol–water partition coefficient (Wildman–Crippen LogP) is 4.38. The van der Waals surface area contributed by atoms with E-state index in [-0.39, 0.29) is 5.69 Å². The minimum Gasteiger partial charge on any atom is -0.497 e. The van der Waals surface area contributed by atoms with E-state index in [9.17, 15) is 10.1 Å². The zero-order valence-electron chi connectivity index (χ0n) is 10.5. The van der Waals surface area contributed by atoms with Crippen LogP contribution in [0.1, 0.15) is 0 Å². The highest BCUT2D eigenvalue weighted by Gasteiger charge is 2.09. The Labute approximate surface area is 125 Å². The lowest BCUT2D eigenvalue weighted by Gasteiger charge is -2.07. The number of hydrogen-bond donors (Lipinski definition) is 1. The summed E-state index contributed by atoms with van der Waals surface area (Å²) in [5, 5.41) is 10.9. The molecule has 0 heterocycles. The van der Waals surface area contributed by atoms with Gasteiger partial charge in [-0.05, 0) is 42.3 Å². The van der Waals surface area contributed by atoms with Crippen LogP contribution in [0.5, 0.6) is 5.75 Å². The van der Waals surface area contributed by atoms with Gasteiger partial charge in [-0.3, -0.25) is 10.1 Å². The molecule has 0 saturated carbocycles. The third-order valence-corrected chi connectivity index (χ3v) is 3.64. The first-order chi connectivity index (χ1) is 9.60. The van der Waals surface area contributed by atoms with Gasteiger partial charge in [0.25, 0.3) is 5.69 Å². The lowest BCUT2D eigenvalue weighted by Crippen LogP contribution is -1.91. The van der Waals surface area contributed by atoms with Crippen LogP contribution < -0.4 is 9.46 Å². The van der Waals surface area contributed by atoms with Crippen molar-refractivity contribution in [1.82, 2.24) is 0 Å². The molecule has 2 rings (SSSR count). The molecule has 0 spiro atoms. The standard InChI is InChI=1S/C13H11ClN2O3S/c1-19-10-3-5-11(6-4-10)20-15-13-7-2-9(16(17)18)8-12(13)14/h2-8,15H,1H3. The Kier molecular flexibility index (Phi) is 4.70. The van der Waals surface area contributed by atoms with E-state index in [4.69, 9.17) is 16.3 Å². The fraction of sp³-hybridized carbons (Fsp3) is 0.0769. The van der Waals surface area contributed by atoms with Gasteiger partial charge in [-0.25, -0.2) is 0 Å². The van der Waals surface area contributed by atoms with E-state index in [1.165, 1.54) is 24.1 Å². The van der Waals surface area contributed by atoms with Crippen molar-refractivity contribution in [3.8, 4) is 5.75 Å². The van der Waals surface area contributed by atoms with Gasteiger partial charge in [0.1, 0.15) is 5.75 Å². The average Bonchev–Trinajstić information content (AvgIpc) is 2.46. The van der Waals surface area contributed by atoms with Crippen molar-refractivity contribution in [2.45, 2.75) is 4.90 Å². The Morgan fingerprint density at radius 2 is 1.95 bits per heavy atom. The summed E-state index contributed by atoms with van der Waals surface area (Å²) in [7, 11) is 1.61. The van der Waals surface area contributed by atoms with Gasteiger partial charge in [0, 0.05) is 17.0 Å². The second-order valence-electron chi connectivity index (χ2n) is 3.80. The van der Waals surface area contributed by atoms with Crippen LogP contribution in [0.4, 0.5) is 11.4 Å². The predicted molar refractivity (Wildman–Crippen MR) is 80.6 cm³/mol. The van der Waals surface area contributed by atoms with Crippen molar-refractivity contribution in [2.75, 3.05) is 11.8 Å². The van der Waals surface area contributed by atoms with Crippen molar-refractivity contribution in [3.63, 3.8) is 0 Å².